The minimum atomic E-state index is -3.52. The molecule has 1 rings (SSSR count). The van der Waals surface area contributed by atoms with Gasteiger partial charge in [0.2, 0.25) is 10.0 Å². The standard InChI is InChI=1S/C15H21NO3S/c1-3-11-16(12-4-2)20(18,19)15-9-7-14(8-10-15)6-5-13-17/h1,7-10,17H,4-6,11-13H2,2H3. The summed E-state index contributed by atoms with van der Waals surface area (Å²) in [5.41, 5.74) is 1.01. The van der Waals surface area contributed by atoms with Gasteiger partial charge in [-0.2, -0.15) is 4.31 Å². The van der Waals surface area contributed by atoms with Crippen LogP contribution < -0.4 is 0 Å². The van der Waals surface area contributed by atoms with Crippen LogP contribution in [-0.4, -0.2) is 37.5 Å². The van der Waals surface area contributed by atoms with Gasteiger partial charge in [-0.25, -0.2) is 8.42 Å². The molecule has 0 amide bonds. The summed E-state index contributed by atoms with van der Waals surface area (Å²) in [7, 11) is -3.52. The number of nitrogens with zero attached hydrogens (tertiary/aromatic N) is 1. The van der Waals surface area contributed by atoms with Gasteiger partial charge in [-0.05, 0) is 37.0 Å². The molecule has 1 N–H and O–H groups in total. The molecule has 0 saturated carbocycles. The van der Waals surface area contributed by atoms with Crippen molar-refractivity contribution >= 4 is 10.0 Å². The van der Waals surface area contributed by atoms with E-state index in [9.17, 15) is 8.42 Å². The Morgan fingerprint density at radius 1 is 1.30 bits per heavy atom. The lowest BCUT2D eigenvalue weighted by molar-refractivity contribution is 0.288. The van der Waals surface area contributed by atoms with Crippen LogP contribution in [0.2, 0.25) is 0 Å². The van der Waals surface area contributed by atoms with E-state index in [4.69, 9.17) is 11.5 Å². The van der Waals surface area contributed by atoms with Crippen LogP contribution in [0.4, 0.5) is 0 Å². The zero-order chi connectivity index (χ0) is 15.0. The monoisotopic (exact) mass is 295 g/mol. The fraction of sp³-hybridized carbons (Fsp3) is 0.467. The Balaban J connectivity index is 2.93. The van der Waals surface area contributed by atoms with E-state index in [0.717, 1.165) is 18.4 Å². The van der Waals surface area contributed by atoms with Gasteiger partial charge < -0.3 is 5.11 Å². The minimum absolute atomic E-state index is 0.0858. The molecular formula is C15H21NO3S. The predicted octanol–water partition coefficient (Wildman–Crippen LogP) is 1.65. The molecule has 110 valence electrons. The van der Waals surface area contributed by atoms with Gasteiger partial charge in [0, 0.05) is 13.2 Å². The zero-order valence-corrected chi connectivity index (χ0v) is 12.6. The van der Waals surface area contributed by atoms with Crippen molar-refractivity contribution in [2.75, 3.05) is 19.7 Å². The van der Waals surface area contributed by atoms with E-state index in [1.54, 1.807) is 24.3 Å². The topological polar surface area (TPSA) is 57.6 Å². The Morgan fingerprint density at radius 2 is 1.95 bits per heavy atom. The van der Waals surface area contributed by atoms with Crippen LogP contribution in [0.3, 0.4) is 0 Å². The summed E-state index contributed by atoms with van der Waals surface area (Å²) in [4.78, 5) is 0.258. The first-order valence-corrected chi connectivity index (χ1v) is 8.13. The van der Waals surface area contributed by atoms with Gasteiger partial charge in [-0.3, -0.25) is 0 Å². The van der Waals surface area contributed by atoms with E-state index >= 15 is 0 Å². The Hall–Kier alpha value is -1.35. The van der Waals surface area contributed by atoms with Gasteiger partial charge in [0.15, 0.2) is 0 Å². The maximum atomic E-state index is 12.4. The maximum absolute atomic E-state index is 12.4. The van der Waals surface area contributed by atoms with Gasteiger partial charge in [-0.15, -0.1) is 6.42 Å². The van der Waals surface area contributed by atoms with Crippen LogP contribution in [-0.2, 0) is 16.4 Å². The first-order valence-electron chi connectivity index (χ1n) is 6.69. The molecule has 0 unspecified atom stereocenters. The highest BCUT2D eigenvalue weighted by atomic mass is 32.2. The van der Waals surface area contributed by atoms with E-state index in [2.05, 4.69) is 5.92 Å². The fourth-order valence-corrected chi connectivity index (χ4v) is 3.34. The number of rotatable bonds is 8. The van der Waals surface area contributed by atoms with Gasteiger partial charge >= 0.3 is 0 Å². The van der Waals surface area contributed by atoms with E-state index in [1.807, 2.05) is 6.92 Å². The van der Waals surface area contributed by atoms with Crippen molar-refractivity contribution in [1.82, 2.24) is 4.31 Å². The third-order valence-electron chi connectivity index (χ3n) is 2.93. The molecule has 0 bridgehead atoms. The van der Waals surface area contributed by atoms with Crippen molar-refractivity contribution in [2.45, 2.75) is 31.1 Å². The molecule has 1 aromatic rings. The van der Waals surface area contributed by atoms with Gasteiger partial charge in [0.05, 0.1) is 11.4 Å². The number of hydrogen-bond donors (Lipinski definition) is 1. The van der Waals surface area contributed by atoms with Gasteiger partial charge in [0.1, 0.15) is 0 Å². The Labute approximate surface area is 121 Å². The summed E-state index contributed by atoms with van der Waals surface area (Å²) >= 11 is 0. The third-order valence-corrected chi connectivity index (χ3v) is 4.78. The van der Waals surface area contributed by atoms with Gasteiger partial charge in [-0.1, -0.05) is 25.0 Å². The average Bonchev–Trinajstić information content (AvgIpc) is 2.45. The van der Waals surface area contributed by atoms with Crippen LogP contribution in [0, 0.1) is 12.3 Å². The maximum Gasteiger partial charge on any atom is 0.243 e. The third kappa shape index (κ3) is 4.34. The van der Waals surface area contributed by atoms with Crippen LogP contribution in [0.5, 0.6) is 0 Å². The number of benzene rings is 1. The van der Waals surface area contributed by atoms with E-state index in [0.29, 0.717) is 13.0 Å². The number of aliphatic hydroxyl groups is 1. The van der Waals surface area contributed by atoms with Crippen molar-refractivity contribution in [3.05, 3.63) is 29.8 Å². The smallest absolute Gasteiger partial charge is 0.243 e. The van der Waals surface area contributed by atoms with E-state index < -0.39 is 10.0 Å². The highest BCUT2D eigenvalue weighted by Gasteiger charge is 2.22. The Bertz CT molecular complexity index is 543. The SMILES string of the molecule is C#CCN(CCC)S(=O)(=O)c1ccc(CCCO)cc1. The molecule has 0 spiro atoms. The number of aliphatic hydroxyl groups excluding tert-OH is 1. The number of sulfonamides is 1. The second-order valence-electron chi connectivity index (χ2n) is 4.51. The molecule has 0 fully saturated rings. The van der Waals surface area contributed by atoms with Crippen molar-refractivity contribution in [3.8, 4) is 12.3 Å². The molecule has 1 aromatic carbocycles. The summed E-state index contributed by atoms with van der Waals surface area (Å²) < 4.78 is 26.2. The van der Waals surface area contributed by atoms with E-state index in [1.165, 1.54) is 4.31 Å². The summed E-state index contributed by atoms with van der Waals surface area (Å²) in [5, 5.41) is 8.78. The summed E-state index contributed by atoms with van der Waals surface area (Å²) in [6.07, 6.45) is 7.36. The highest BCUT2D eigenvalue weighted by molar-refractivity contribution is 7.89. The lowest BCUT2D eigenvalue weighted by atomic mass is 10.1. The molecule has 4 nitrogen and oxygen atoms in total. The summed E-state index contributed by atoms with van der Waals surface area (Å²) in [6, 6.07) is 6.76. The predicted molar refractivity (Wildman–Crippen MR) is 79.7 cm³/mol. The average molecular weight is 295 g/mol. The number of aryl methyl sites for hydroxylation is 1. The molecule has 20 heavy (non-hydrogen) atoms. The molecule has 0 atom stereocenters. The largest absolute Gasteiger partial charge is 0.396 e. The minimum Gasteiger partial charge on any atom is -0.396 e. The zero-order valence-electron chi connectivity index (χ0n) is 11.7. The van der Waals surface area contributed by atoms with Gasteiger partial charge in [0.25, 0.3) is 0 Å². The second kappa shape index (κ2) is 8.05. The van der Waals surface area contributed by atoms with Crippen molar-refractivity contribution in [2.24, 2.45) is 0 Å². The molecule has 0 heterocycles. The lowest BCUT2D eigenvalue weighted by Gasteiger charge is -2.19. The van der Waals surface area contributed by atoms with Crippen molar-refractivity contribution in [1.29, 1.82) is 0 Å². The van der Waals surface area contributed by atoms with Crippen molar-refractivity contribution in [3.63, 3.8) is 0 Å². The molecule has 0 radical (unpaired) electrons. The fourth-order valence-electron chi connectivity index (χ4n) is 1.90. The summed E-state index contributed by atoms with van der Waals surface area (Å²) in [5.74, 6) is 2.39. The quantitative estimate of drug-likeness (QED) is 0.742. The second-order valence-corrected chi connectivity index (χ2v) is 6.45. The normalized spacial score (nSPS) is 11.5. The lowest BCUT2D eigenvalue weighted by Crippen LogP contribution is -2.32. The summed E-state index contributed by atoms with van der Waals surface area (Å²) in [6.45, 7) is 2.55. The highest BCUT2D eigenvalue weighted by Crippen LogP contribution is 2.17. The Morgan fingerprint density at radius 3 is 2.45 bits per heavy atom. The van der Waals surface area contributed by atoms with Crippen LogP contribution >= 0.6 is 0 Å². The van der Waals surface area contributed by atoms with Crippen molar-refractivity contribution < 1.29 is 13.5 Å². The first-order chi connectivity index (χ1) is 9.56. The number of terminal acetylenes is 1. The molecule has 0 aromatic heterocycles. The van der Waals surface area contributed by atoms with E-state index in [-0.39, 0.29) is 18.0 Å². The number of hydrogen-bond acceptors (Lipinski definition) is 3. The first kappa shape index (κ1) is 16.7. The Kier molecular flexibility index (Phi) is 6.73. The molecule has 0 aliphatic carbocycles. The van der Waals surface area contributed by atoms with Crippen LogP contribution in [0.1, 0.15) is 25.3 Å². The molecule has 0 saturated heterocycles. The molecule has 5 heteroatoms. The molecular weight excluding hydrogens is 274 g/mol. The molecule has 0 aliphatic heterocycles. The van der Waals surface area contributed by atoms with Crippen LogP contribution in [0.15, 0.2) is 29.2 Å². The van der Waals surface area contributed by atoms with Crippen LogP contribution in [0.25, 0.3) is 0 Å². The molecule has 0 aliphatic rings.